The van der Waals surface area contributed by atoms with Crippen molar-refractivity contribution in [3.63, 3.8) is 0 Å². The normalized spacial score (nSPS) is 62.2. The van der Waals surface area contributed by atoms with Gasteiger partial charge in [0.05, 0.1) is 0 Å². The van der Waals surface area contributed by atoms with Gasteiger partial charge in [-0.2, -0.15) is 0 Å². The second-order valence-corrected chi connectivity index (χ2v) is 5.83. The molecule has 0 saturated heterocycles. The summed E-state index contributed by atoms with van der Waals surface area (Å²) in [5.74, 6) is 2.26. The van der Waals surface area contributed by atoms with Crippen LogP contribution in [0.1, 0.15) is 26.7 Å². The molecule has 3 rings (SSSR count). The third-order valence-electron chi connectivity index (χ3n) is 4.95. The number of aliphatic hydroxyl groups is 1. The number of allylic oxidation sites excluding steroid dienone is 2. The minimum Gasteiger partial charge on any atom is -0.396 e. The SMILES string of the molecule is CC12C=CC(C)(C1)C1C(CO)CC12. The lowest BCUT2D eigenvalue weighted by atomic mass is 9.54. The Kier molecular flexibility index (Phi) is 1.26. The molecule has 2 saturated carbocycles. The van der Waals surface area contributed by atoms with Gasteiger partial charge in [-0.1, -0.05) is 26.0 Å². The number of fused-ring (bicyclic) bond motifs is 5. The van der Waals surface area contributed by atoms with Gasteiger partial charge < -0.3 is 5.11 Å². The van der Waals surface area contributed by atoms with E-state index in [1.807, 2.05) is 0 Å². The molecule has 0 amide bonds. The molecule has 0 aromatic heterocycles. The van der Waals surface area contributed by atoms with Gasteiger partial charge in [-0.3, -0.25) is 0 Å². The minimum atomic E-state index is 0.403. The van der Waals surface area contributed by atoms with Crippen LogP contribution in [0.4, 0.5) is 0 Å². The molecular weight excluding hydrogens is 160 g/mol. The monoisotopic (exact) mass is 178 g/mol. The van der Waals surface area contributed by atoms with Crippen LogP contribution in [0, 0.1) is 28.6 Å². The standard InChI is InChI=1S/C12H18O/c1-11-3-4-12(2,7-11)10-8(6-13)5-9(10)11/h3-4,8-10,13H,5-7H2,1-2H3. The van der Waals surface area contributed by atoms with E-state index in [0.29, 0.717) is 23.4 Å². The summed E-state index contributed by atoms with van der Waals surface area (Å²) in [5, 5.41) is 9.24. The highest BCUT2D eigenvalue weighted by Gasteiger charge is 2.65. The fourth-order valence-corrected chi connectivity index (χ4v) is 4.42. The molecule has 3 aliphatic rings. The zero-order chi connectivity index (χ0) is 9.27. The van der Waals surface area contributed by atoms with Crippen LogP contribution in [-0.2, 0) is 0 Å². The average molecular weight is 178 g/mol. The summed E-state index contributed by atoms with van der Waals surface area (Å²) in [7, 11) is 0. The van der Waals surface area contributed by atoms with Crippen LogP contribution in [0.3, 0.4) is 0 Å². The third kappa shape index (κ3) is 0.735. The van der Waals surface area contributed by atoms with Gasteiger partial charge in [-0.15, -0.1) is 0 Å². The van der Waals surface area contributed by atoms with Crippen molar-refractivity contribution in [2.24, 2.45) is 28.6 Å². The maximum absolute atomic E-state index is 9.24. The molecule has 72 valence electrons. The minimum absolute atomic E-state index is 0.403. The lowest BCUT2D eigenvalue weighted by molar-refractivity contribution is -0.0261. The summed E-state index contributed by atoms with van der Waals surface area (Å²) in [6.45, 7) is 5.18. The quantitative estimate of drug-likeness (QED) is 0.610. The molecule has 0 radical (unpaired) electrons. The molecule has 1 N–H and O–H groups in total. The van der Waals surface area contributed by atoms with Crippen molar-refractivity contribution in [3.05, 3.63) is 12.2 Å². The van der Waals surface area contributed by atoms with E-state index in [9.17, 15) is 5.11 Å². The largest absolute Gasteiger partial charge is 0.396 e. The van der Waals surface area contributed by atoms with E-state index in [0.717, 1.165) is 11.8 Å². The fourth-order valence-electron chi connectivity index (χ4n) is 4.42. The van der Waals surface area contributed by atoms with Crippen LogP contribution in [0.5, 0.6) is 0 Å². The summed E-state index contributed by atoms with van der Waals surface area (Å²) < 4.78 is 0. The van der Waals surface area contributed by atoms with E-state index < -0.39 is 0 Å². The third-order valence-corrected chi connectivity index (χ3v) is 4.95. The predicted molar refractivity (Wildman–Crippen MR) is 52.1 cm³/mol. The molecule has 5 unspecified atom stereocenters. The molecule has 0 aromatic carbocycles. The van der Waals surface area contributed by atoms with Crippen molar-refractivity contribution in [2.75, 3.05) is 6.61 Å². The van der Waals surface area contributed by atoms with Gasteiger partial charge in [0.15, 0.2) is 0 Å². The van der Waals surface area contributed by atoms with Crippen LogP contribution in [0.25, 0.3) is 0 Å². The van der Waals surface area contributed by atoms with Gasteiger partial charge in [0.25, 0.3) is 0 Å². The molecule has 13 heavy (non-hydrogen) atoms. The molecule has 2 fully saturated rings. The Hall–Kier alpha value is -0.300. The van der Waals surface area contributed by atoms with Gasteiger partial charge >= 0.3 is 0 Å². The van der Waals surface area contributed by atoms with Crippen LogP contribution in [0.2, 0.25) is 0 Å². The summed E-state index contributed by atoms with van der Waals surface area (Å²) in [4.78, 5) is 0. The number of aliphatic hydroxyl groups excluding tert-OH is 1. The first kappa shape index (κ1) is 8.05. The van der Waals surface area contributed by atoms with E-state index >= 15 is 0 Å². The van der Waals surface area contributed by atoms with Gasteiger partial charge in [0.2, 0.25) is 0 Å². The number of hydrogen-bond acceptors (Lipinski definition) is 1. The van der Waals surface area contributed by atoms with E-state index in [4.69, 9.17) is 0 Å². The van der Waals surface area contributed by atoms with Crippen LogP contribution in [0.15, 0.2) is 12.2 Å². The lowest BCUT2D eigenvalue weighted by Crippen LogP contribution is -2.46. The molecular formula is C12H18O. The molecule has 5 atom stereocenters. The molecule has 0 aliphatic heterocycles. The van der Waals surface area contributed by atoms with Gasteiger partial charge in [-0.25, -0.2) is 0 Å². The van der Waals surface area contributed by atoms with Gasteiger partial charge in [0.1, 0.15) is 0 Å². The Morgan fingerprint density at radius 2 is 2.00 bits per heavy atom. The molecule has 1 nitrogen and oxygen atoms in total. The van der Waals surface area contributed by atoms with E-state index in [2.05, 4.69) is 26.0 Å². The number of rotatable bonds is 1. The second kappa shape index (κ2) is 2.03. The van der Waals surface area contributed by atoms with Crippen molar-refractivity contribution in [3.8, 4) is 0 Å². The maximum atomic E-state index is 9.24. The Bertz CT molecular complexity index is 283. The molecule has 1 heteroatoms. The van der Waals surface area contributed by atoms with E-state index in [-0.39, 0.29) is 0 Å². The van der Waals surface area contributed by atoms with Crippen LogP contribution in [-0.4, -0.2) is 11.7 Å². The second-order valence-electron chi connectivity index (χ2n) is 5.83. The summed E-state index contributed by atoms with van der Waals surface area (Å²) in [5.41, 5.74) is 0.899. The Balaban J connectivity index is 1.98. The topological polar surface area (TPSA) is 20.2 Å². The Morgan fingerprint density at radius 3 is 2.62 bits per heavy atom. The summed E-state index contributed by atoms with van der Waals surface area (Å²) in [6, 6.07) is 0. The first-order valence-corrected chi connectivity index (χ1v) is 5.40. The van der Waals surface area contributed by atoms with Gasteiger partial charge in [0, 0.05) is 6.61 Å². The maximum Gasteiger partial charge on any atom is 0.0462 e. The highest BCUT2D eigenvalue weighted by atomic mass is 16.3. The predicted octanol–water partition coefficient (Wildman–Crippen LogP) is 2.22. The molecule has 0 heterocycles. The Labute approximate surface area is 79.8 Å². The smallest absolute Gasteiger partial charge is 0.0462 e. The van der Waals surface area contributed by atoms with Crippen molar-refractivity contribution in [1.82, 2.24) is 0 Å². The first-order valence-electron chi connectivity index (χ1n) is 5.40. The van der Waals surface area contributed by atoms with Crippen molar-refractivity contribution < 1.29 is 5.11 Å². The zero-order valence-corrected chi connectivity index (χ0v) is 8.46. The molecule has 3 aliphatic carbocycles. The zero-order valence-electron chi connectivity index (χ0n) is 8.46. The first-order chi connectivity index (χ1) is 6.09. The van der Waals surface area contributed by atoms with Gasteiger partial charge in [-0.05, 0) is 41.4 Å². The van der Waals surface area contributed by atoms with Crippen molar-refractivity contribution >= 4 is 0 Å². The van der Waals surface area contributed by atoms with E-state index in [1.165, 1.54) is 12.8 Å². The number of hydrogen-bond donors (Lipinski definition) is 1. The van der Waals surface area contributed by atoms with Crippen molar-refractivity contribution in [1.29, 1.82) is 0 Å². The fraction of sp³-hybridized carbons (Fsp3) is 0.833. The van der Waals surface area contributed by atoms with Crippen LogP contribution < -0.4 is 0 Å². The van der Waals surface area contributed by atoms with E-state index in [1.54, 1.807) is 0 Å². The summed E-state index contributed by atoms with van der Waals surface area (Å²) in [6.07, 6.45) is 7.43. The molecule has 0 aromatic rings. The average Bonchev–Trinajstić information content (AvgIpc) is 2.33. The highest BCUT2D eigenvalue weighted by molar-refractivity contribution is 5.29. The van der Waals surface area contributed by atoms with Crippen LogP contribution >= 0.6 is 0 Å². The molecule has 0 spiro atoms. The highest BCUT2D eigenvalue weighted by Crippen LogP contribution is 2.71. The van der Waals surface area contributed by atoms with Crippen molar-refractivity contribution in [2.45, 2.75) is 26.7 Å². The molecule has 2 bridgehead atoms. The Morgan fingerprint density at radius 1 is 1.31 bits per heavy atom. The lowest BCUT2D eigenvalue weighted by Gasteiger charge is -2.51. The summed E-state index contributed by atoms with van der Waals surface area (Å²) >= 11 is 0.